The van der Waals surface area contributed by atoms with Gasteiger partial charge < -0.3 is 0 Å². The normalized spacial score (nSPS) is 13.2. The Bertz CT molecular complexity index is 344. The summed E-state index contributed by atoms with van der Waals surface area (Å²) in [7, 11) is -3.61. The van der Waals surface area contributed by atoms with Crippen molar-refractivity contribution in [2.24, 2.45) is 0 Å². The molecule has 0 aromatic heterocycles. The molecule has 15 heavy (non-hydrogen) atoms. The largest absolute Gasteiger partial charge is 0.252 e. The molecule has 0 rings (SSSR count). The molecule has 4 nitrogen and oxygen atoms in total. The number of hydrogen-bond acceptors (Lipinski definition) is 4. The van der Waals surface area contributed by atoms with Gasteiger partial charge >= 0.3 is 0 Å². The number of nitrogens with zero attached hydrogens (tertiary/aromatic N) is 2. The maximum absolute atomic E-state index is 11.7. The van der Waals surface area contributed by atoms with Gasteiger partial charge in [0.05, 0.1) is 11.3 Å². The first kappa shape index (κ1) is 15.6. The van der Waals surface area contributed by atoms with Crippen molar-refractivity contribution in [3.05, 3.63) is 0 Å². The lowest BCUT2D eigenvalue weighted by atomic mass is 10.6. The zero-order valence-corrected chi connectivity index (χ0v) is 11.8. The lowest BCUT2D eigenvalue weighted by Crippen LogP contribution is -2.33. The summed E-state index contributed by atoms with van der Waals surface area (Å²) < 4.78 is 22.3. The van der Waals surface area contributed by atoms with E-state index < -0.39 is 18.4 Å². The molecule has 0 aliphatic rings. The van der Waals surface area contributed by atoms with Crippen LogP contribution in [0, 0.1) is 11.3 Å². The van der Waals surface area contributed by atoms with Gasteiger partial charge in [0.2, 0.25) is 10.0 Å². The fourth-order valence-corrected chi connectivity index (χ4v) is 4.03. The molecule has 0 heterocycles. The van der Waals surface area contributed by atoms with Gasteiger partial charge in [0.25, 0.3) is 3.12 Å². The summed E-state index contributed by atoms with van der Waals surface area (Å²) in [6.07, 6.45) is 0. The van der Waals surface area contributed by atoms with Crippen molar-refractivity contribution >= 4 is 56.8 Å². The second-order valence-corrected chi connectivity index (χ2v) is 9.58. The topological polar surface area (TPSA) is 61.2 Å². The van der Waals surface area contributed by atoms with Gasteiger partial charge in [0, 0.05) is 0 Å². The molecule has 0 unspecified atom stereocenters. The molecule has 0 amide bonds. The Kier molecular flexibility index (Phi) is 6.04. The second kappa shape index (κ2) is 5.80. The standard InChI is InChI=1S/C6H9Cl3N2O2S2/c1-5(2)15(12,13)11(4-3-10)14-6(7,8)9/h5H,4H2,1-2H3. The van der Waals surface area contributed by atoms with E-state index in [0.29, 0.717) is 11.9 Å². The van der Waals surface area contributed by atoms with Gasteiger partial charge in [-0.1, -0.05) is 34.8 Å². The van der Waals surface area contributed by atoms with Crippen molar-refractivity contribution in [3.8, 4) is 6.07 Å². The first-order valence-electron chi connectivity index (χ1n) is 3.75. The molecule has 0 aromatic rings. The second-order valence-electron chi connectivity index (χ2n) is 2.75. The van der Waals surface area contributed by atoms with E-state index in [0.717, 1.165) is 3.71 Å². The van der Waals surface area contributed by atoms with Gasteiger partial charge in [-0.05, 0) is 25.8 Å². The lowest BCUT2D eigenvalue weighted by Gasteiger charge is -2.23. The van der Waals surface area contributed by atoms with E-state index in [9.17, 15) is 8.42 Å². The van der Waals surface area contributed by atoms with Crippen molar-refractivity contribution in [2.75, 3.05) is 6.54 Å². The van der Waals surface area contributed by atoms with Gasteiger partial charge in [0.15, 0.2) is 0 Å². The molecular weight excluding hydrogens is 303 g/mol. The van der Waals surface area contributed by atoms with Crippen LogP contribution in [0.5, 0.6) is 0 Å². The van der Waals surface area contributed by atoms with Crippen LogP contribution in [-0.4, -0.2) is 27.0 Å². The minimum atomic E-state index is -3.61. The van der Waals surface area contributed by atoms with Crippen LogP contribution < -0.4 is 0 Å². The zero-order valence-electron chi connectivity index (χ0n) is 7.95. The summed E-state index contributed by atoms with van der Waals surface area (Å²) in [6, 6.07) is 1.70. The Balaban J connectivity index is 4.93. The molecule has 88 valence electrons. The molecule has 0 aliphatic carbocycles. The fraction of sp³-hybridized carbons (Fsp3) is 0.833. The number of nitriles is 1. The van der Waals surface area contributed by atoms with E-state index in [1.54, 1.807) is 6.07 Å². The zero-order chi connectivity index (χ0) is 12.3. The molecule has 0 aliphatic heterocycles. The maximum Gasteiger partial charge on any atom is 0.252 e. The van der Waals surface area contributed by atoms with E-state index in [1.807, 2.05) is 0 Å². The van der Waals surface area contributed by atoms with Gasteiger partial charge in [-0.2, -0.15) is 5.26 Å². The number of sulfonamides is 1. The monoisotopic (exact) mass is 310 g/mol. The summed E-state index contributed by atoms with van der Waals surface area (Å²) in [5, 5.41) is 7.80. The quantitative estimate of drug-likeness (QED) is 0.455. The third-order valence-electron chi connectivity index (χ3n) is 1.28. The molecule has 0 spiro atoms. The molecule has 0 fully saturated rings. The Labute approximate surface area is 109 Å². The predicted octanol–water partition coefficient (Wildman–Crippen LogP) is 2.53. The third-order valence-corrected chi connectivity index (χ3v) is 5.18. The number of hydrogen-bond donors (Lipinski definition) is 0. The Morgan fingerprint density at radius 1 is 1.47 bits per heavy atom. The van der Waals surface area contributed by atoms with Crippen LogP contribution in [0.2, 0.25) is 0 Å². The molecule has 0 atom stereocenters. The number of halogens is 3. The van der Waals surface area contributed by atoms with E-state index >= 15 is 0 Å². The first-order valence-corrected chi connectivity index (χ1v) is 7.16. The highest BCUT2D eigenvalue weighted by molar-refractivity contribution is 8.11. The summed E-state index contributed by atoms with van der Waals surface area (Å²) in [4.78, 5) is 0. The molecule has 0 saturated heterocycles. The highest BCUT2D eigenvalue weighted by Gasteiger charge is 2.34. The van der Waals surface area contributed by atoms with Crippen LogP contribution in [-0.2, 0) is 10.0 Å². The maximum atomic E-state index is 11.7. The van der Waals surface area contributed by atoms with Gasteiger partial charge in [0.1, 0.15) is 6.54 Å². The van der Waals surface area contributed by atoms with E-state index in [2.05, 4.69) is 0 Å². The Morgan fingerprint density at radius 3 is 2.20 bits per heavy atom. The van der Waals surface area contributed by atoms with E-state index in [4.69, 9.17) is 40.1 Å². The number of alkyl halides is 3. The van der Waals surface area contributed by atoms with Crippen molar-refractivity contribution < 1.29 is 8.42 Å². The molecule has 0 saturated carbocycles. The Hall–Kier alpha value is 0.620. The average molecular weight is 312 g/mol. The lowest BCUT2D eigenvalue weighted by molar-refractivity contribution is 0.547. The predicted molar refractivity (Wildman–Crippen MR) is 64.3 cm³/mol. The van der Waals surface area contributed by atoms with Crippen molar-refractivity contribution in [1.82, 2.24) is 3.71 Å². The van der Waals surface area contributed by atoms with Gasteiger partial charge in [-0.15, -0.1) is 3.71 Å². The van der Waals surface area contributed by atoms with Gasteiger partial charge in [-0.25, -0.2) is 8.42 Å². The van der Waals surface area contributed by atoms with Gasteiger partial charge in [-0.3, -0.25) is 0 Å². The number of rotatable bonds is 4. The molecule has 0 N–H and O–H groups in total. The molecule has 0 radical (unpaired) electrons. The summed E-state index contributed by atoms with van der Waals surface area (Å²) in [6.45, 7) is 2.61. The van der Waals surface area contributed by atoms with Crippen LogP contribution in [0.15, 0.2) is 0 Å². The summed E-state index contributed by atoms with van der Waals surface area (Å²) >= 11 is 16.8. The fourth-order valence-electron chi connectivity index (χ4n) is 0.583. The average Bonchev–Trinajstić information content (AvgIpc) is 2.00. The minimum Gasteiger partial charge on any atom is -0.211 e. The van der Waals surface area contributed by atoms with Crippen LogP contribution in [0.4, 0.5) is 0 Å². The van der Waals surface area contributed by atoms with E-state index in [-0.39, 0.29) is 6.54 Å². The molecule has 0 bridgehead atoms. The highest BCUT2D eigenvalue weighted by atomic mass is 35.6. The molecule has 9 heteroatoms. The third kappa shape index (κ3) is 5.48. The molecular formula is C6H9Cl3N2O2S2. The van der Waals surface area contributed by atoms with E-state index in [1.165, 1.54) is 13.8 Å². The first-order chi connectivity index (χ1) is 6.61. The smallest absolute Gasteiger partial charge is 0.211 e. The van der Waals surface area contributed by atoms with Crippen molar-refractivity contribution in [3.63, 3.8) is 0 Å². The van der Waals surface area contributed by atoms with Crippen LogP contribution >= 0.6 is 46.8 Å². The summed E-state index contributed by atoms with van der Waals surface area (Å²) in [5.74, 6) is 0. The molecule has 0 aromatic carbocycles. The van der Waals surface area contributed by atoms with Crippen LogP contribution in [0.25, 0.3) is 0 Å². The van der Waals surface area contributed by atoms with Crippen LogP contribution in [0.1, 0.15) is 13.8 Å². The van der Waals surface area contributed by atoms with Crippen molar-refractivity contribution in [1.29, 1.82) is 5.26 Å². The highest BCUT2D eigenvalue weighted by Crippen LogP contribution is 2.42. The van der Waals surface area contributed by atoms with Crippen molar-refractivity contribution in [2.45, 2.75) is 22.2 Å². The summed E-state index contributed by atoms with van der Waals surface area (Å²) in [5.41, 5.74) is 0. The minimum absolute atomic E-state index is 0.362. The van der Waals surface area contributed by atoms with Crippen LogP contribution in [0.3, 0.4) is 0 Å². The SMILES string of the molecule is CC(C)S(=O)(=O)N(CC#N)SC(Cl)(Cl)Cl. The Morgan fingerprint density at radius 2 is 1.93 bits per heavy atom.